The van der Waals surface area contributed by atoms with Crippen molar-refractivity contribution in [3.05, 3.63) is 47.8 Å². The van der Waals surface area contributed by atoms with E-state index in [1.807, 2.05) is 12.3 Å². The lowest BCUT2D eigenvalue weighted by Crippen LogP contribution is -2.10. The number of hydrogen-bond acceptors (Lipinski definition) is 0. The van der Waals surface area contributed by atoms with Crippen LogP contribution >= 0.6 is 0 Å². The van der Waals surface area contributed by atoms with Crippen LogP contribution in [-0.2, 0) is 5.41 Å². The second kappa shape index (κ2) is 6.79. The van der Waals surface area contributed by atoms with Crippen LogP contribution in [0.1, 0.15) is 61.1 Å². The van der Waals surface area contributed by atoms with Gasteiger partial charge in [0.2, 0.25) is 0 Å². The van der Waals surface area contributed by atoms with Crippen LogP contribution < -0.4 is 0 Å². The molecule has 0 saturated carbocycles. The molecule has 0 saturated heterocycles. The Morgan fingerprint density at radius 2 is 1.63 bits per heavy atom. The van der Waals surface area contributed by atoms with Crippen molar-refractivity contribution in [2.45, 2.75) is 60.8 Å². The van der Waals surface area contributed by atoms with Crippen LogP contribution in [-0.4, -0.2) is 4.98 Å². The van der Waals surface area contributed by atoms with Crippen LogP contribution in [0.5, 0.6) is 0 Å². The number of H-pyrrole nitrogens is 1. The van der Waals surface area contributed by atoms with Crippen molar-refractivity contribution in [2.24, 2.45) is 5.41 Å². The summed E-state index contributed by atoms with van der Waals surface area (Å²) in [5.41, 5.74) is 3.39. The van der Waals surface area contributed by atoms with E-state index >= 15 is 0 Å². The molecule has 1 heterocycles. The van der Waals surface area contributed by atoms with Crippen LogP contribution in [0.15, 0.2) is 42.1 Å². The molecule has 1 aromatic rings. The van der Waals surface area contributed by atoms with Gasteiger partial charge in [0.1, 0.15) is 0 Å². The fraction of sp³-hybridized carbons (Fsp3) is 0.556. The summed E-state index contributed by atoms with van der Waals surface area (Å²) in [6.07, 6.45) is 9.81. The van der Waals surface area contributed by atoms with Gasteiger partial charge in [-0.2, -0.15) is 0 Å². The van der Waals surface area contributed by atoms with Gasteiger partial charge in [0, 0.05) is 17.3 Å². The minimum atomic E-state index is 0. The maximum absolute atomic E-state index is 3.18. The predicted molar refractivity (Wildman–Crippen MR) is 87.5 cm³/mol. The van der Waals surface area contributed by atoms with E-state index in [1.165, 1.54) is 11.3 Å². The predicted octanol–water partition coefficient (Wildman–Crippen LogP) is 5.87. The molecule has 19 heavy (non-hydrogen) atoms. The minimum Gasteiger partial charge on any atom is -0.365 e. The molecular formula is C18H31N. The maximum atomic E-state index is 3.18. The number of aromatic nitrogens is 1. The molecule has 0 unspecified atom stereocenters. The number of rotatable bonds is 0. The van der Waals surface area contributed by atoms with Gasteiger partial charge >= 0.3 is 0 Å². The zero-order valence-electron chi connectivity index (χ0n) is 12.7. The second-order valence-corrected chi connectivity index (χ2v) is 6.88. The van der Waals surface area contributed by atoms with Crippen LogP contribution in [0.25, 0.3) is 0 Å². The molecule has 2 rings (SSSR count). The van der Waals surface area contributed by atoms with Crippen molar-refractivity contribution in [3.8, 4) is 0 Å². The Morgan fingerprint density at radius 3 is 1.84 bits per heavy atom. The lowest BCUT2D eigenvalue weighted by atomic mass is 9.87. The molecule has 108 valence electrons. The molecule has 0 spiro atoms. The van der Waals surface area contributed by atoms with Crippen LogP contribution in [0, 0.1) is 5.41 Å². The summed E-state index contributed by atoms with van der Waals surface area (Å²) in [7, 11) is 0. The average molecular weight is 261 g/mol. The highest BCUT2D eigenvalue weighted by Crippen LogP contribution is 2.29. The van der Waals surface area contributed by atoms with Crippen molar-refractivity contribution in [1.29, 1.82) is 0 Å². The average Bonchev–Trinajstić information content (AvgIpc) is 2.91. The first-order valence-electron chi connectivity index (χ1n) is 6.72. The molecule has 0 aliphatic heterocycles. The summed E-state index contributed by atoms with van der Waals surface area (Å²) in [4.78, 5) is 3.18. The third-order valence-corrected chi connectivity index (χ3v) is 3.04. The highest BCUT2D eigenvalue weighted by molar-refractivity contribution is 5.30. The molecule has 1 N–H and O–H groups in total. The standard InChI is InChI=1S/C9H14.C8H13N.CH4/c1-9(2,3)8-6-4-5-7-8;1-8(2,3)7-5-4-6-9-7;/h4,6-7H,5H2,1-3H3;4-6,9H,1-3H3;1H4. The van der Waals surface area contributed by atoms with Crippen LogP contribution in [0.3, 0.4) is 0 Å². The second-order valence-electron chi connectivity index (χ2n) is 6.88. The number of nitrogens with one attached hydrogen (secondary N) is 1. The van der Waals surface area contributed by atoms with Gasteiger partial charge in [0.25, 0.3) is 0 Å². The van der Waals surface area contributed by atoms with Crippen LogP contribution in [0.4, 0.5) is 0 Å². The van der Waals surface area contributed by atoms with Crippen molar-refractivity contribution < 1.29 is 0 Å². The highest BCUT2D eigenvalue weighted by atomic mass is 14.7. The van der Waals surface area contributed by atoms with E-state index in [0.29, 0.717) is 5.41 Å². The Bertz CT molecular complexity index is 406. The number of aromatic amines is 1. The third-order valence-electron chi connectivity index (χ3n) is 3.04. The third kappa shape index (κ3) is 5.96. The van der Waals surface area contributed by atoms with E-state index in [0.717, 1.165) is 6.42 Å². The summed E-state index contributed by atoms with van der Waals surface area (Å²) in [6.45, 7) is 13.3. The van der Waals surface area contributed by atoms with Gasteiger partial charge in [-0.3, -0.25) is 0 Å². The van der Waals surface area contributed by atoms with E-state index in [9.17, 15) is 0 Å². The van der Waals surface area contributed by atoms with E-state index in [2.05, 4.69) is 70.8 Å². The summed E-state index contributed by atoms with van der Waals surface area (Å²) >= 11 is 0. The van der Waals surface area contributed by atoms with Gasteiger partial charge in [-0.15, -0.1) is 0 Å². The molecule has 0 atom stereocenters. The summed E-state index contributed by atoms with van der Waals surface area (Å²) in [5, 5.41) is 0. The van der Waals surface area contributed by atoms with Gasteiger partial charge in [-0.05, 0) is 29.5 Å². The zero-order chi connectivity index (χ0) is 13.8. The van der Waals surface area contributed by atoms with Crippen molar-refractivity contribution in [3.63, 3.8) is 0 Å². The Morgan fingerprint density at radius 1 is 1.00 bits per heavy atom. The molecule has 1 aliphatic carbocycles. The molecular weight excluding hydrogens is 230 g/mol. The molecule has 1 aromatic heterocycles. The zero-order valence-corrected chi connectivity index (χ0v) is 12.7. The molecule has 0 amide bonds. The molecule has 0 aromatic carbocycles. The fourth-order valence-corrected chi connectivity index (χ4v) is 1.81. The smallest absolute Gasteiger partial charge is 0.0201 e. The van der Waals surface area contributed by atoms with Gasteiger partial charge in [0.05, 0.1) is 0 Å². The molecule has 1 nitrogen and oxygen atoms in total. The Labute approximate surface area is 119 Å². The van der Waals surface area contributed by atoms with Crippen molar-refractivity contribution >= 4 is 0 Å². The first-order chi connectivity index (χ1) is 8.21. The van der Waals surface area contributed by atoms with Crippen molar-refractivity contribution in [2.75, 3.05) is 0 Å². The largest absolute Gasteiger partial charge is 0.365 e. The van der Waals surface area contributed by atoms with E-state index < -0.39 is 0 Å². The minimum absolute atomic E-state index is 0. The Balaban J connectivity index is 0.000000324. The van der Waals surface area contributed by atoms with Crippen molar-refractivity contribution in [1.82, 2.24) is 4.98 Å². The first-order valence-corrected chi connectivity index (χ1v) is 6.72. The topological polar surface area (TPSA) is 15.8 Å². The van der Waals surface area contributed by atoms with Crippen LogP contribution in [0.2, 0.25) is 0 Å². The normalized spacial score (nSPS) is 14.3. The molecule has 0 bridgehead atoms. The quantitative estimate of drug-likeness (QED) is 0.601. The number of hydrogen-bond donors (Lipinski definition) is 1. The van der Waals surface area contributed by atoms with Gasteiger partial charge in [0.15, 0.2) is 0 Å². The SMILES string of the molecule is C.CC(C)(C)C1=CCC=C1.CC(C)(C)c1ccc[nH]1. The summed E-state index contributed by atoms with van der Waals surface area (Å²) in [6, 6.07) is 4.14. The molecule has 0 radical (unpaired) electrons. The van der Waals surface area contributed by atoms with E-state index in [1.54, 1.807) is 0 Å². The molecule has 0 fully saturated rings. The Kier molecular flexibility index (Phi) is 6.35. The van der Waals surface area contributed by atoms with Gasteiger partial charge in [-0.25, -0.2) is 0 Å². The lowest BCUT2D eigenvalue weighted by molar-refractivity contribution is 0.518. The molecule has 1 aliphatic rings. The number of allylic oxidation sites excluding steroid dienone is 4. The highest BCUT2D eigenvalue weighted by Gasteiger charge is 2.15. The lowest BCUT2D eigenvalue weighted by Gasteiger charge is -2.18. The van der Waals surface area contributed by atoms with Gasteiger partial charge in [-0.1, -0.05) is 67.2 Å². The van der Waals surface area contributed by atoms with E-state index in [4.69, 9.17) is 0 Å². The monoisotopic (exact) mass is 261 g/mol. The summed E-state index contributed by atoms with van der Waals surface area (Å²) < 4.78 is 0. The van der Waals surface area contributed by atoms with E-state index in [-0.39, 0.29) is 12.8 Å². The molecule has 1 heteroatoms. The summed E-state index contributed by atoms with van der Waals surface area (Å²) in [5.74, 6) is 0. The first kappa shape index (κ1) is 17.8. The maximum Gasteiger partial charge on any atom is 0.0201 e. The Hall–Kier alpha value is -1.24. The van der Waals surface area contributed by atoms with Gasteiger partial charge < -0.3 is 4.98 Å². The fourth-order valence-electron chi connectivity index (χ4n) is 1.81.